The van der Waals surface area contributed by atoms with Gasteiger partial charge in [-0.3, -0.25) is 0 Å². The number of halogens is 1. The lowest BCUT2D eigenvalue weighted by Crippen LogP contribution is -2.02. The van der Waals surface area contributed by atoms with Gasteiger partial charge in [-0.15, -0.1) is 10.2 Å². The fraction of sp³-hybridized carbons (Fsp3) is 0.0833. The van der Waals surface area contributed by atoms with Crippen molar-refractivity contribution in [3.05, 3.63) is 47.4 Å². The number of aryl methyl sites for hydroxylation is 1. The Bertz CT molecular complexity index is 584. The first kappa shape index (κ1) is 12.0. The Labute approximate surface area is 102 Å². The first-order valence-electron chi connectivity index (χ1n) is 5.07. The molecule has 0 aliphatic rings. The molecule has 18 heavy (non-hydrogen) atoms. The third kappa shape index (κ3) is 2.60. The molecule has 0 aliphatic carbocycles. The Morgan fingerprint density at radius 1 is 1.28 bits per heavy atom. The van der Waals surface area contributed by atoms with Crippen molar-refractivity contribution < 1.29 is 19.0 Å². The van der Waals surface area contributed by atoms with Crippen LogP contribution in [0.15, 0.2) is 30.3 Å². The van der Waals surface area contributed by atoms with Gasteiger partial charge in [-0.1, -0.05) is 0 Å². The van der Waals surface area contributed by atoms with E-state index in [1.165, 1.54) is 30.3 Å². The van der Waals surface area contributed by atoms with E-state index in [2.05, 4.69) is 10.2 Å². The predicted octanol–water partition coefficient (Wildman–Crippen LogP) is 2.41. The van der Waals surface area contributed by atoms with E-state index in [9.17, 15) is 9.18 Å². The van der Waals surface area contributed by atoms with E-state index >= 15 is 0 Å². The summed E-state index contributed by atoms with van der Waals surface area (Å²) in [5, 5.41) is 15.7. The van der Waals surface area contributed by atoms with Crippen LogP contribution < -0.4 is 4.74 Å². The van der Waals surface area contributed by atoms with Crippen LogP contribution in [0.4, 0.5) is 4.39 Å². The first-order valence-corrected chi connectivity index (χ1v) is 5.07. The lowest BCUT2D eigenvalue weighted by molar-refractivity contribution is 0.0689. The molecular weight excluding hydrogens is 239 g/mol. The summed E-state index contributed by atoms with van der Waals surface area (Å²) in [7, 11) is 0. The van der Waals surface area contributed by atoms with Crippen LogP contribution >= 0.6 is 0 Å². The zero-order chi connectivity index (χ0) is 13.1. The van der Waals surface area contributed by atoms with Gasteiger partial charge in [0.2, 0.25) is 5.88 Å². The number of carbonyl (C=O) groups is 1. The van der Waals surface area contributed by atoms with Gasteiger partial charge in [0, 0.05) is 6.07 Å². The average molecular weight is 248 g/mol. The highest BCUT2D eigenvalue weighted by atomic mass is 19.1. The van der Waals surface area contributed by atoms with Gasteiger partial charge in [0.15, 0.2) is 5.69 Å². The van der Waals surface area contributed by atoms with Crippen molar-refractivity contribution in [1.82, 2.24) is 10.2 Å². The number of hydrogen-bond donors (Lipinski definition) is 1. The highest BCUT2D eigenvalue weighted by Crippen LogP contribution is 2.21. The van der Waals surface area contributed by atoms with E-state index in [1.807, 2.05) is 0 Å². The van der Waals surface area contributed by atoms with Gasteiger partial charge in [-0.25, -0.2) is 9.18 Å². The van der Waals surface area contributed by atoms with Gasteiger partial charge in [0.05, 0.1) is 0 Å². The largest absolute Gasteiger partial charge is 0.476 e. The Balaban J connectivity index is 2.18. The molecule has 0 radical (unpaired) electrons. The standard InChI is InChI=1S/C12H9FN2O3/c1-7-6-8(2-3-9(7)13)18-11-5-4-10(12(16)17)14-15-11/h2-6H,1H3,(H,16,17). The average Bonchev–Trinajstić information content (AvgIpc) is 2.34. The number of carboxylic acid groups (broad SMARTS) is 1. The molecule has 0 atom stereocenters. The van der Waals surface area contributed by atoms with Gasteiger partial charge in [-0.05, 0) is 36.8 Å². The summed E-state index contributed by atoms with van der Waals surface area (Å²) in [6.07, 6.45) is 0. The third-order valence-electron chi connectivity index (χ3n) is 2.21. The number of benzene rings is 1. The second-order valence-electron chi connectivity index (χ2n) is 3.58. The maximum atomic E-state index is 13.0. The molecule has 0 unspecified atom stereocenters. The number of hydrogen-bond acceptors (Lipinski definition) is 4. The Morgan fingerprint density at radius 2 is 2.06 bits per heavy atom. The topological polar surface area (TPSA) is 72.3 Å². The van der Waals surface area contributed by atoms with Crippen LogP contribution in [0, 0.1) is 12.7 Å². The molecule has 2 rings (SSSR count). The van der Waals surface area contributed by atoms with E-state index in [1.54, 1.807) is 6.92 Å². The monoisotopic (exact) mass is 248 g/mol. The van der Waals surface area contributed by atoms with Crippen LogP contribution in [0.3, 0.4) is 0 Å². The first-order chi connectivity index (χ1) is 8.56. The van der Waals surface area contributed by atoms with Crippen molar-refractivity contribution in [2.45, 2.75) is 6.92 Å². The Kier molecular flexibility index (Phi) is 3.18. The summed E-state index contributed by atoms with van der Waals surface area (Å²) in [4.78, 5) is 10.6. The highest BCUT2D eigenvalue weighted by Gasteiger charge is 2.07. The van der Waals surface area contributed by atoms with Gasteiger partial charge in [0.1, 0.15) is 11.6 Å². The second-order valence-corrected chi connectivity index (χ2v) is 3.58. The quantitative estimate of drug-likeness (QED) is 0.902. The SMILES string of the molecule is Cc1cc(Oc2ccc(C(=O)O)nn2)ccc1F. The summed E-state index contributed by atoms with van der Waals surface area (Å²) in [5.74, 6) is -0.932. The molecule has 0 bridgehead atoms. The lowest BCUT2D eigenvalue weighted by Gasteiger charge is -2.05. The van der Waals surface area contributed by atoms with Gasteiger partial charge >= 0.3 is 5.97 Å². The van der Waals surface area contributed by atoms with E-state index in [-0.39, 0.29) is 17.4 Å². The number of aromatic carboxylic acids is 1. The molecule has 92 valence electrons. The van der Waals surface area contributed by atoms with Crippen molar-refractivity contribution in [3.63, 3.8) is 0 Å². The van der Waals surface area contributed by atoms with Gasteiger partial charge in [-0.2, -0.15) is 0 Å². The van der Waals surface area contributed by atoms with Gasteiger partial charge < -0.3 is 9.84 Å². The maximum Gasteiger partial charge on any atom is 0.356 e. The third-order valence-corrected chi connectivity index (χ3v) is 2.21. The summed E-state index contributed by atoms with van der Waals surface area (Å²) < 4.78 is 18.3. The number of carboxylic acids is 1. The van der Waals surface area contributed by atoms with Gasteiger partial charge in [0.25, 0.3) is 0 Å². The highest BCUT2D eigenvalue weighted by molar-refractivity contribution is 5.84. The Hall–Kier alpha value is -2.50. The van der Waals surface area contributed by atoms with Crippen LogP contribution in [0.2, 0.25) is 0 Å². The molecule has 2 aromatic rings. The summed E-state index contributed by atoms with van der Waals surface area (Å²) in [5.41, 5.74) is 0.278. The van der Waals surface area contributed by atoms with Crippen molar-refractivity contribution in [2.24, 2.45) is 0 Å². The smallest absolute Gasteiger partial charge is 0.356 e. The summed E-state index contributed by atoms with van der Waals surface area (Å²) in [6, 6.07) is 6.91. The fourth-order valence-electron chi connectivity index (χ4n) is 1.29. The van der Waals surface area contributed by atoms with Crippen molar-refractivity contribution in [1.29, 1.82) is 0 Å². The normalized spacial score (nSPS) is 10.1. The van der Waals surface area contributed by atoms with Crippen LogP contribution in [-0.2, 0) is 0 Å². The molecule has 0 fully saturated rings. The summed E-state index contributed by atoms with van der Waals surface area (Å²) >= 11 is 0. The number of ether oxygens (including phenoxy) is 1. The van der Waals surface area contributed by atoms with E-state index in [0.717, 1.165) is 0 Å². The molecular formula is C12H9FN2O3. The maximum absolute atomic E-state index is 13.0. The summed E-state index contributed by atoms with van der Waals surface area (Å²) in [6.45, 7) is 1.61. The predicted molar refractivity (Wildman–Crippen MR) is 60.2 cm³/mol. The van der Waals surface area contributed by atoms with Crippen LogP contribution in [0.1, 0.15) is 16.1 Å². The number of nitrogens with zero attached hydrogens (tertiary/aromatic N) is 2. The molecule has 6 heteroatoms. The number of rotatable bonds is 3. The second kappa shape index (κ2) is 4.79. The fourth-order valence-corrected chi connectivity index (χ4v) is 1.29. The minimum Gasteiger partial charge on any atom is -0.476 e. The molecule has 1 aromatic carbocycles. The molecule has 1 heterocycles. The zero-order valence-corrected chi connectivity index (χ0v) is 9.42. The molecule has 1 aromatic heterocycles. The van der Waals surface area contributed by atoms with Crippen molar-refractivity contribution in [2.75, 3.05) is 0 Å². The van der Waals surface area contributed by atoms with E-state index in [0.29, 0.717) is 11.3 Å². The van der Waals surface area contributed by atoms with E-state index in [4.69, 9.17) is 9.84 Å². The molecule has 0 saturated carbocycles. The molecule has 0 aliphatic heterocycles. The molecule has 0 amide bonds. The van der Waals surface area contributed by atoms with Crippen molar-refractivity contribution in [3.8, 4) is 11.6 Å². The number of aromatic nitrogens is 2. The Morgan fingerprint density at radius 3 is 2.61 bits per heavy atom. The minimum atomic E-state index is -1.16. The van der Waals surface area contributed by atoms with Crippen molar-refractivity contribution >= 4 is 5.97 Å². The molecule has 0 spiro atoms. The molecule has 0 saturated heterocycles. The zero-order valence-electron chi connectivity index (χ0n) is 9.42. The van der Waals surface area contributed by atoms with E-state index < -0.39 is 5.97 Å². The molecule has 5 nitrogen and oxygen atoms in total. The van der Waals surface area contributed by atoms with Crippen LogP contribution in [0.25, 0.3) is 0 Å². The lowest BCUT2D eigenvalue weighted by atomic mass is 10.2. The van der Waals surface area contributed by atoms with Crippen LogP contribution in [-0.4, -0.2) is 21.3 Å². The van der Waals surface area contributed by atoms with Crippen LogP contribution in [0.5, 0.6) is 11.6 Å². The molecule has 1 N–H and O–H groups in total. The minimum absolute atomic E-state index is 0.144.